The number of aliphatic hydroxyl groups is 4. The number of hydrogen-bond donors (Lipinski definition) is 4. The summed E-state index contributed by atoms with van der Waals surface area (Å²) in [5, 5.41) is 40.3. The SMILES string of the molecule is C=C1/C(=C\C=C2/CCC[C@@]3(C)C2CC[C@@H]3[C@](C)(C/C=C\C(O)(C(F)(F)F)C(F)(F)F)CCCC(C)(C)O)C[C@@H](O)CC1O. The summed E-state index contributed by atoms with van der Waals surface area (Å²) in [6, 6.07) is 0. The van der Waals surface area contributed by atoms with Crippen molar-refractivity contribution in [1.82, 2.24) is 0 Å². The second-order valence-electron chi connectivity index (χ2n) is 14.3. The first-order valence-electron chi connectivity index (χ1n) is 15.2. The van der Waals surface area contributed by atoms with E-state index in [0.29, 0.717) is 31.3 Å². The Hall–Kier alpha value is -1.62. The Morgan fingerprint density at radius 2 is 1.58 bits per heavy atom. The molecule has 3 saturated carbocycles. The summed E-state index contributed by atoms with van der Waals surface area (Å²) >= 11 is 0. The molecule has 0 saturated heterocycles. The first kappa shape index (κ1) is 35.9. The lowest BCUT2D eigenvalue weighted by molar-refractivity contribution is -0.347. The molecular weight excluding hydrogens is 574 g/mol. The highest BCUT2D eigenvalue weighted by atomic mass is 19.4. The molecule has 3 rings (SSSR count). The number of hydrogen-bond acceptors (Lipinski definition) is 4. The fraction of sp³-hybridized carbons (Fsp3) is 0.758. The van der Waals surface area contributed by atoms with Crippen molar-refractivity contribution in [3.05, 3.63) is 47.6 Å². The zero-order valence-electron chi connectivity index (χ0n) is 25.7. The maximum absolute atomic E-state index is 13.4. The van der Waals surface area contributed by atoms with Crippen molar-refractivity contribution in [2.45, 2.75) is 134 Å². The second-order valence-corrected chi connectivity index (χ2v) is 14.3. The van der Waals surface area contributed by atoms with Gasteiger partial charge in [0.25, 0.3) is 5.60 Å². The third-order valence-electron chi connectivity index (χ3n) is 10.4. The minimum Gasteiger partial charge on any atom is -0.393 e. The maximum atomic E-state index is 13.4. The molecule has 43 heavy (non-hydrogen) atoms. The molecule has 0 amide bonds. The van der Waals surface area contributed by atoms with E-state index in [9.17, 15) is 46.8 Å². The van der Waals surface area contributed by atoms with E-state index in [1.54, 1.807) is 13.8 Å². The Bertz CT molecular complexity index is 1080. The summed E-state index contributed by atoms with van der Waals surface area (Å²) in [6.45, 7) is 11.4. The monoisotopic (exact) mass is 622 g/mol. The zero-order chi connectivity index (χ0) is 32.6. The zero-order valence-corrected chi connectivity index (χ0v) is 25.7. The number of allylic oxidation sites excluding steroid dienone is 4. The van der Waals surface area contributed by atoms with Crippen LogP contribution in [0.1, 0.15) is 98.3 Å². The predicted molar refractivity (Wildman–Crippen MR) is 154 cm³/mol. The molecule has 246 valence electrons. The van der Waals surface area contributed by atoms with Crippen LogP contribution in [-0.2, 0) is 0 Å². The highest BCUT2D eigenvalue weighted by Crippen LogP contribution is 2.64. The number of rotatable bonds is 9. The molecule has 0 aromatic rings. The van der Waals surface area contributed by atoms with E-state index in [2.05, 4.69) is 13.5 Å². The van der Waals surface area contributed by atoms with Crippen molar-refractivity contribution in [2.24, 2.45) is 22.7 Å². The number of alkyl halides is 6. The lowest BCUT2D eigenvalue weighted by Gasteiger charge is -2.49. The van der Waals surface area contributed by atoms with E-state index < -0.39 is 41.2 Å². The number of aliphatic hydroxyl groups excluding tert-OH is 2. The Morgan fingerprint density at radius 1 is 0.953 bits per heavy atom. The molecular formula is C33H48F6O4. The van der Waals surface area contributed by atoms with Crippen molar-refractivity contribution in [3.63, 3.8) is 0 Å². The quantitative estimate of drug-likeness (QED) is 0.156. The van der Waals surface area contributed by atoms with Crippen LogP contribution in [0.25, 0.3) is 0 Å². The first-order chi connectivity index (χ1) is 19.5. The van der Waals surface area contributed by atoms with Gasteiger partial charge in [-0.25, -0.2) is 0 Å². The van der Waals surface area contributed by atoms with Gasteiger partial charge in [0.15, 0.2) is 0 Å². The van der Waals surface area contributed by atoms with Gasteiger partial charge in [-0.2, -0.15) is 26.3 Å². The van der Waals surface area contributed by atoms with Crippen molar-refractivity contribution in [2.75, 3.05) is 0 Å². The van der Waals surface area contributed by atoms with Crippen LogP contribution < -0.4 is 0 Å². The van der Waals surface area contributed by atoms with Crippen LogP contribution >= 0.6 is 0 Å². The van der Waals surface area contributed by atoms with Gasteiger partial charge in [-0.1, -0.05) is 50.6 Å². The van der Waals surface area contributed by atoms with Crippen molar-refractivity contribution >= 4 is 0 Å². The molecule has 4 nitrogen and oxygen atoms in total. The molecule has 0 aliphatic heterocycles. The number of halogens is 6. The molecule has 3 aliphatic carbocycles. The summed E-state index contributed by atoms with van der Waals surface area (Å²) in [7, 11) is 0. The Kier molecular flexibility index (Phi) is 10.5. The van der Waals surface area contributed by atoms with Gasteiger partial charge >= 0.3 is 12.4 Å². The van der Waals surface area contributed by atoms with Crippen LogP contribution in [0.4, 0.5) is 26.3 Å². The van der Waals surface area contributed by atoms with E-state index in [4.69, 9.17) is 0 Å². The molecule has 10 heteroatoms. The molecule has 3 fully saturated rings. The molecule has 0 spiro atoms. The van der Waals surface area contributed by atoms with Gasteiger partial charge in [-0.15, -0.1) is 0 Å². The van der Waals surface area contributed by atoms with E-state index in [-0.39, 0.29) is 36.2 Å². The highest BCUT2D eigenvalue weighted by molar-refractivity contribution is 5.38. The minimum absolute atomic E-state index is 0.0223. The first-order valence-corrected chi connectivity index (χ1v) is 15.2. The van der Waals surface area contributed by atoms with Gasteiger partial charge in [0.2, 0.25) is 0 Å². The van der Waals surface area contributed by atoms with Gasteiger partial charge in [0, 0.05) is 6.42 Å². The molecule has 6 atom stereocenters. The lowest BCUT2D eigenvalue weighted by atomic mass is 9.55. The van der Waals surface area contributed by atoms with E-state index in [1.807, 2.05) is 19.1 Å². The largest absolute Gasteiger partial charge is 0.429 e. The third-order valence-corrected chi connectivity index (χ3v) is 10.4. The maximum Gasteiger partial charge on any atom is 0.429 e. The Labute approximate surface area is 251 Å². The summed E-state index contributed by atoms with van der Waals surface area (Å²) in [5.74, 6) is 0.139. The summed E-state index contributed by atoms with van der Waals surface area (Å²) in [4.78, 5) is 0. The van der Waals surface area contributed by atoms with Crippen LogP contribution in [0.3, 0.4) is 0 Å². The molecule has 4 N–H and O–H groups in total. The molecule has 3 aliphatic rings. The van der Waals surface area contributed by atoms with Gasteiger partial charge < -0.3 is 20.4 Å². The Balaban J connectivity index is 1.93. The van der Waals surface area contributed by atoms with Gasteiger partial charge in [-0.3, -0.25) is 0 Å². The summed E-state index contributed by atoms with van der Waals surface area (Å²) in [6.07, 6.45) is -2.44. The molecule has 2 unspecified atom stereocenters. The molecule has 0 heterocycles. The smallest absolute Gasteiger partial charge is 0.393 e. The van der Waals surface area contributed by atoms with Gasteiger partial charge in [-0.05, 0) is 112 Å². The van der Waals surface area contributed by atoms with Gasteiger partial charge in [0.1, 0.15) is 0 Å². The van der Waals surface area contributed by atoms with Crippen LogP contribution in [0.2, 0.25) is 0 Å². The van der Waals surface area contributed by atoms with Crippen molar-refractivity contribution in [1.29, 1.82) is 0 Å². The average Bonchev–Trinajstić information content (AvgIpc) is 3.21. The average molecular weight is 623 g/mol. The Morgan fingerprint density at radius 3 is 2.16 bits per heavy atom. The minimum atomic E-state index is -5.92. The second kappa shape index (κ2) is 12.6. The van der Waals surface area contributed by atoms with Crippen LogP contribution in [0.15, 0.2) is 47.6 Å². The topological polar surface area (TPSA) is 80.9 Å². The fourth-order valence-electron chi connectivity index (χ4n) is 8.04. The van der Waals surface area contributed by atoms with Crippen molar-refractivity contribution in [3.8, 4) is 0 Å². The predicted octanol–water partition coefficient (Wildman–Crippen LogP) is 7.88. The number of fused-ring (bicyclic) bond motifs is 1. The summed E-state index contributed by atoms with van der Waals surface area (Å²) in [5.41, 5.74) is -4.25. The molecule has 0 radical (unpaired) electrons. The normalized spacial score (nSPS) is 32.9. The van der Waals surface area contributed by atoms with Crippen LogP contribution in [0.5, 0.6) is 0 Å². The van der Waals surface area contributed by atoms with Crippen molar-refractivity contribution < 1.29 is 46.8 Å². The standard InChI is InChI=1S/C33H48F6O4/c1-21-23(19-24(40)20-26(21)41)11-10-22-9-6-17-30(5)25(22)12-13-27(30)29(4,15-7-14-28(2,3)42)16-8-18-31(43,32(34,35)36)33(37,38)39/h8,10-11,18,24-27,40-43H,1,6-7,9,12-17,19-20H2,2-5H3/b18-8-,22-10+,23-11-/t24-,25?,26?,27-,29+,30+/m1/s1. The third kappa shape index (κ3) is 7.79. The molecule has 0 bridgehead atoms. The highest BCUT2D eigenvalue weighted by Gasteiger charge is 2.69. The van der Waals surface area contributed by atoms with E-state index in [1.165, 1.54) is 5.57 Å². The van der Waals surface area contributed by atoms with E-state index in [0.717, 1.165) is 43.8 Å². The lowest BCUT2D eigenvalue weighted by Crippen LogP contribution is -2.55. The fourth-order valence-corrected chi connectivity index (χ4v) is 8.04. The molecule has 0 aromatic heterocycles. The van der Waals surface area contributed by atoms with E-state index >= 15 is 0 Å². The van der Waals surface area contributed by atoms with Gasteiger partial charge in [0.05, 0.1) is 17.8 Å². The van der Waals surface area contributed by atoms with Crippen LogP contribution in [-0.4, -0.2) is 56.2 Å². The molecule has 0 aromatic carbocycles. The van der Waals surface area contributed by atoms with Crippen LogP contribution in [0, 0.1) is 22.7 Å². The summed E-state index contributed by atoms with van der Waals surface area (Å²) < 4.78 is 80.2.